The molecule has 0 heterocycles. The van der Waals surface area contributed by atoms with Gasteiger partial charge in [-0.3, -0.25) is 4.72 Å². The molecular weight excluding hydrogens is 252 g/mol. The number of hydrogen-bond donors (Lipinski definition) is 3. The molecule has 0 atom stereocenters. The summed E-state index contributed by atoms with van der Waals surface area (Å²) in [4.78, 5) is 0. The molecule has 7 heteroatoms. The molecule has 0 fully saturated rings. The first kappa shape index (κ1) is 13.1. The Morgan fingerprint density at radius 1 is 1.44 bits per heavy atom. The molecule has 1 aromatic carbocycles. The molecule has 0 amide bonds. The molecule has 3 N–H and O–H groups in total. The number of rotatable bonds is 5. The molecule has 0 saturated heterocycles. The third kappa shape index (κ3) is 3.88. The van der Waals surface area contributed by atoms with Crippen LogP contribution in [0.15, 0.2) is 18.2 Å². The zero-order chi connectivity index (χ0) is 12.2. The Labute approximate surface area is 99.6 Å². The second kappa shape index (κ2) is 5.38. The van der Waals surface area contributed by atoms with Crippen LogP contribution in [-0.4, -0.2) is 20.1 Å². The first-order chi connectivity index (χ1) is 7.44. The number of aromatic hydroxyl groups is 1. The van der Waals surface area contributed by atoms with Crippen LogP contribution in [0, 0.1) is 0 Å². The van der Waals surface area contributed by atoms with Crippen molar-refractivity contribution in [3.63, 3.8) is 0 Å². The molecule has 90 valence electrons. The van der Waals surface area contributed by atoms with Gasteiger partial charge in [-0.05, 0) is 18.6 Å². The highest BCUT2D eigenvalue weighted by Gasteiger charge is 2.11. The lowest BCUT2D eigenvalue weighted by Gasteiger charge is -2.10. The van der Waals surface area contributed by atoms with E-state index in [1.54, 1.807) is 0 Å². The minimum atomic E-state index is -3.60. The predicted octanol–water partition coefficient (Wildman–Crippen LogP) is 1.70. The molecule has 1 aromatic rings. The van der Waals surface area contributed by atoms with Gasteiger partial charge in [-0.1, -0.05) is 18.5 Å². The molecule has 0 saturated carbocycles. The largest absolute Gasteiger partial charge is 0.508 e. The quantitative estimate of drug-likeness (QED) is 0.709. The summed E-state index contributed by atoms with van der Waals surface area (Å²) in [6.07, 6.45) is 0.699. The van der Waals surface area contributed by atoms with Crippen LogP contribution in [-0.2, 0) is 10.2 Å². The molecule has 0 aliphatic rings. The van der Waals surface area contributed by atoms with E-state index in [1.807, 2.05) is 6.92 Å². The van der Waals surface area contributed by atoms with E-state index in [-0.39, 0.29) is 16.5 Å². The lowest BCUT2D eigenvalue weighted by Crippen LogP contribution is -2.30. The number of phenols is 1. The summed E-state index contributed by atoms with van der Waals surface area (Å²) in [7, 11) is -3.60. The van der Waals surface area contributed by atoms with Crippen LogP contribution in [0.4, 0.5) is 5.69 Å². The van der Waals surface area contributed by atoms with E-state index in [4.69, 9.17) is 16.7 Å². The van der Waals surface area contributed by atoms with E-state index in [1.165, 1.54) is 18.2 Å². The summed E-state index contributed by atoms with van der Waals surface area (Å²) >= 11 is 5.75. The molecule has 0 aliphatic heterocycles. The Balaban J connectivity index is 2.80. The van der Waals surface area contributed by atoms with Gasteiger partial charge in [0.1, 0.15) is 5.75 Å². The Morgan fingerprint density at radius 3 is 2.69 bits per heavy atom. The number of phenolic OH excluding ortho intramolecular Hbond substituents is 1. The van der Waals surface area contributed by atoms with Gasteiger partial charge in [0.05, 0.1) is 10.7 Å². The third-order valence-electron chi connectivity index (χ3n) is 1.74. The zero-order valence-electron chi connectivity index (χ0n) is 8.70. The van der Waals surface area contributed by atoms with Gasteiger partial charge in [-0.25, -0.2) is 0 Å². The van der Waals surface area contributed by atoms with E-state index in [0.29, 0.717) is 13.0 Å². The van der Waals surface area contributed by atoms with Crippen molar-refractivity contribution in [3.05, 3.63) is 23.2 Å². The molecule has 0 aliphatic carbocycles. The van der Waals surface area contributed by atoms with E-state index < -0.39 is 10.2 Å². The van der Waals surface area contributed by atoms with Crippen LogP contribution in [0.2, 0.25) is 5.02 Å². The summed E-state index contributed by atoms with van der Waals surface area (Å²) < 4.78 is 27.5. The molecule has 16 heavy (non-hydrogen) atoms. The molecule has 0 radical (unpaired) electrons. The molecule has 5 nitrogen and oxygen atoms in total. The van der Waals surface area contributed by atoms with Gasteiger partial charge < -0.3 is 5.11 Å². The lowest BCUT2D eigenvalue weighted by atomic mass is 10.3. The Kier molecular flexibility index (Phi) is 4.40. The van der Waals surface area contributed by atoms with Crippen molar-refractivity contribution in [2.24, 2.45) is 0 Å². The van der Waals surface area contributed by atoms with E-state index in [9.17, 15) is 8.42 Å². The topological polar surface area (TPSA) is 78.4 Å². The van der Waals surface area contributed by atoms with E-state index in [0.717, 1.165) is 0 Å². The molecular formula is C9H13ClN2O3S. The van der Waals surface area contributed by atoms with Gasteiger partial charge >= 0.3 is 0 Å². The summed E-state index contributed by atoms with van der Waals surface area (Å²) in [5, 5.41) is 9.24. The molecule has 0 aromatic heterocycles. The maximum Gasteiger partial charge on any atom is 0.299 e. The lowest BCUT2D eigenvalue weighted by molar-refractivity contribution is 0.475. The maximum absolute atomic E-state index is 11.5. The number of halogens is 1. The average Bonchev–Trinajstić information content (AvgIpc) is 2.19. The van der Waals surface area contributed by atoms with E-state index >= 15 is 0 Å². The molecule has 0 spiro atoms. The first-order valence-corrected chi connectivity index (χ1v) is 6.56. The van der Waals surface area contributed by atoms with Crippen LogP contribution < -0.4 is 9.44 Å². The maximum atomic E-state index is 11.5. The molecule has 0 unspecified atom stereocenters. The Morgan fingerprint density at radius 2 is 2.12 bits per heavy atom. The summed E-state index contributed by atoms with van der Waals surface area (Å²) in [6, 6.07) is 4.01. The van der Waals surface area contributed by atoms with Gasteiger partial charge in [0, 0.05) is 12.6 Å². The van der Waals surface area contributed by atoms with Crippen molar-refractivity contribution in [1.82, 2.24) is 4.72 Å². The van der Waals surface area contributed by atoms with Crippen LogP contribution in [0.3, 0.4) is 0 Å². The summed E-state index contributed by atoms with van der Waals surface area (Å²) in [5.74, 6) is -0.0190. The minimum absolute atomic E-state index is 0.0190. The van der Waals surface area contributed by atoms with Gasteiger partial charge in [0.25, 0.3) is 10.2 Å². The third-order valence-corrected chi connectivity index (χ3v) is 3.12. The van der Waals surface area contributed by atoms with Crippen LogP contribution in [0.5, 0.6) is 5.75 Å². The van der Waals surface area contributed by atoms with Gasteiger partial charge in [-0.2, -0.15) is 13.1 Å². The first-order valence-electron chi connectivity index (χ1n) is 4.70. The van der Waals surface area contributed by atoms with Crippen molar-refractivity contribution in [2.75, 3.05) is 11.3 Å². The standard InChI is InChI=1S/C9H13ClN2O3S/c1-2-5-11-16(14,15)12-9-4-3-7(13)6-8(9)10/h3-4,6,11-13H,2,5H2,1H3. The van der Waals surface area contributed by atoms with Crippen molar-refractivity contribution >= 4 is 27.5 Å². The van der Waals surface area contributed by atoms with Crippen molar-refractivity contribution in [2.45, 2.75) is 13.3 Å². The second-order valence-electron chi connectivity index (χ2n) is 3.16. The number of hydrogen-bond acceptors (Lipinski definition) is 3. The fourth-order valence-electron chi connectivity index (χ4n) is 1.00. The number of benzene rings is 1. The predicted molar refractivity (Wildman–Crippen MR) is 64.0 cm³/mol. The van der Waals surface area contributed by atoms with Crippen LogP contribution >= 0.6 is 11.6 Å². The van der Waals surface area contributed by atoms with Crippen LogP contribution in [0.1, 0.15) is 13.3 Å². The SMILES string of the molecule is CCCNS(=O)(=O)Nc1ccc(O)cc1Cl. The number of anilines is 1. The summed E-state index contributed by atoms with van der Waals surface area (Å²) in [6.45, 7) is 2.21. The zero-order valence-corrected chi connectivity index (χ0v) is 10.3. The minimum Gasteiger partial charge on any atom is -0.508 e. The second-order valence-corrected chi connectivity index (χ2v) is 5.07. The van der Waals surface area contributed by atoms with Crippen molar-refractivity contribution < 1.29 is 13.5 Å². The van der Waals surface area contributed by atoms with Crippen molar-refractivity contribution in [3.8, 4) is 5.75 Å². The van der Waals surface area contributed by atoms with Gasteiger partial charge in [-0.15, -0.1) is 0 Å². The smallest absolute Gasteiger partial charge is 0.299 e. The fraction of sp³-hybridized carbons (Fsp3) is 0.333. The molecule has 0 bridgehead atoms. The normalized spacial score (nSPS) is 11.4. The monoisotopic (exact) mass is 264 g/mol. The van der Waals surface area contributed by atoms with Crippen molar-refractivity contribution in [1.29, 1.82) is 0 Å². The Bertz CT molecular complexity index is 462. The van der Waals surface area contributed by atoms with Gasteiger partial charge in [0.2, 0.25) is 0 Å². The highest BCUT2D eigenvalue weighted by molar-refractivity contribution is 7.90. The highest BCUT2D eigenvalue weighted by Crippen LogP contribution is 2.26. The Hall–Kier alpha value is -0.980. The van der Waals surface area contributed by atoms with Gasteiger partial charge in [0.15, 0.2) is 0 Å². The average molecular weight is 265 g/mol. The highest BCUT2D eigenvalue weighted by atomic mass is 35.5. The fourth-order valence-corrected chi connectivity index (χ4v) is 2.29. The van der Waals surface area contributed by atoms with E-state index in [2.05, 4.69) is 9.44 Å². The summed E-state index contributed by atoms with van der Waals surface area (Å²) in [5.41, 5.74) is 0.225. The molecule has 1 rings (SSSR count). The number of nitrogens with one attached hydrogen (secondary N) is 2. The van der Waals surface area contributed by atoms with Crippen LogP contribution in [0.25, 0.3) is 0 Å².